The van der Waals surface area contributed by atoms with Gasteiger partial charge < -0.3 is 10.2 Å². The van der Waals surface area contributed by atoms with E-state index in [0.29, 0.717) is 21.8 Å². The highest BCUT2D eigenvalue weighted by Gasteiger charge is 2.25. The Bertz CT molecular complexity index is 1770. The third kappa shape index (κ3) is 6.80. The van der Waals surface area contributed by atoms with Crippen molar-refractivity contribution in [3.8, 4) is 21.8 Å². The Kier molecular flexibility index (Phi) is 8.20. The van der Waals surface area contributed by atoms with Crippen LogP contribution in [-0.4, -0.2) is 63.4 Å². The van der Waals surface area contributed by atoms with Crippen LogP contribution >= 0.6 is 11.3 Å². The average molecular weight is 621 g/mol. The molecule has 0 amide bonds. The van der Waals surface area contributed by atoms with E-state index in [-0.39, 0.29) is 23.9 Å². The molecule has 0 unspecified atom stereocenters. The highest BCUT2D eigenvalue weighted by atomic mass is 32.2. The Morgan fingerprint density at radius 2 is 1.68 bits per heavy atom. The number of rotatable bonds is 10. The topological polar surface area (TPSA) is 134 Å². The van der Waals surface area contributed by atoms with E-state index in [1.165, 1.54) is 23.5 Å². The summed E-state index contributed by atoms with van der Waals surface area (Å²) in [6.45, 7) is 1.84. The fourth-order valence-electron chi connectivity index (χ4n) is 4.32. The first-order chi connectivity index (χ1) is 19.5. The van der Waals surface area contributed by atoms with Crippen molar-refractivity contribution in [3.63, 3.8) is 0 Å². The molecule has 3 heterocycles. The van der Waals surface area contributed by atoms with Crippen LogP contribution in [-0.2, 0) is 19.9 Å². The van der Waals surface area contributed by atoms with E-state index in [9.17, 15) is 25.6 Å². The van der Waals surface area contributed by atoms with Crippen LogP contribution in [0.15, 0.2) is 59.6 Å². The molecule has 2 aromatic heterocycles. The Balaban J connectivity index is 1.50. The molecular formula is C26H26F2N6O4S3. The normalized spacial score (nSPS) is 13.9. The molecule has 2 N–H and O–H groups in total. The molecule has 0 radical (unpaired) electrons. The summed E-state index contributed by atoms with van der Waals surface area (Å²) in [4.78, 5) is 15.4. The summed E-state index contributed by atoms with van der Waals surface area (Å²) >= 11 is 1.42. The number of nitrogens with zero attached hydrogens (tertiary/aromatic N) is 4. The highest BCUT2D eigenvalue weighted by molar-refractivity contribution is 7.92. The Hall–Kier alpha value is -3.69. The van der Waals surface area contributed by atoms with E-state index in [1.807, 2.05) is 0 Å². The number of sulfone groups is 1. The van der Waals surface area contributed by atoms with Crippen molar-refractivity contribution in [1.82, 2.24) is 15.0 Å². The van der Waals surface area contributed by atoms with Crippen LogP contribution in [0.3, 0.4) is 0 Å². The van der Waals surface area contributed by atoms with Gasteiger partial charge in [-0.25, -0.2) is 40.6 Å². The van der Waals surface area contributed by atoms with Crippen molar-refractivity contribution in [2.75, 3.05) is 46.6 Å². The lowest BCUT2D eigenvalue weighted by Gasteiger charge is -2.12. The van der Waals surface area contributed by atoms with Crippen LogP contribution in [0, 0.1) is 11.6 Å². The van der Waals surface area contributed by atoms with Gasteiger partial charge in [-0.05, 0) is 43.2 Å². The monoisotopic (exact) mass is 620 g/mol. The minimum atomic E-state index is -4.57. The molecule has 0 bridgehead atoms. The van der Waals surface area contributed by atoms with Crippen LogP contribution < -0.4 is 14.9 Å². The number of hydrogen-bond donors (Lipinski definition) is 2. The largest absolute Gasteiger partial charge is 0.353 e. The summed E-state index contributed by atoms with van der Waals surface area (Å²) < 4.78 is 79.5. The molecule has 4 aromatic rings. The number of halogens is 2. The second-order valence-corrected chi connectivity index (χ2v) is 14.3. The van der Waals surface area contributed by atoms with Crippen molar-refractivity contribution < 1.29 is 25.6 Å². The van der Waals surface area contributed by atoms with E-state index in [0.717, 1.165) is 55.5 Å². The van der Waals surface area contributed by atoms with E-state index in [2.05, 4.69) is 24.9 Å². The molecule has 1 saturated heterocycles. The SMILES string of the molecule is CS(=O)(=O)CCNc1nccc(-c2sc(N3CCCC3)nc2-c2cccc(NS(=O)(=O)c3c(F)cccc3F)c2)n1. The number of thiazole rings is 1. The number of benzene rings is 2. The predicted octanol–water partition coefficient (Wildman–Crippen LogP) is 4.40. The molecule has 1 aliphatic heterocycles. The van der Waals surface area contributed by atoms with Gasteiger partial charge in [0, 0.05) is 43.3 Å². The maximum Gasteiger partial charge on any atom is 0.267 e. The number of aromatic nitrogens is 3. The van der Waals surface area contributed by atoms with Gasteiger partial charge in [0.05, 0.1) is 22.0 Å². The summed E-state index contributed by atoms with van der Waals surface area (Å²) in [5.41, 5.74) is 1.73. The Morgan fingerprint density at radius 3 is 2.39 bits per heavy atom. The first-order valence-corrected chi connectivity index (χ1v) is 16.9. The molecule has 1 aliphatic rings. The summed E-state index contributed by atoms with van der Waals surface area (Å²) in [5.74, 6) is -2.22. The van der Waals surface area contributed by atoms with E-state index >= 15 is 0 Å². The number of nitrogens with one attached hydrogen (secondary N) is 2. The van der Waals surface area contributed by atoms with Crippen LogP contribution in [0.25, 0.3) is 21.8 Å². The van der Waals surface area contributed by atoms with Crippen molar-refractivity contribution in [2.45, 2.75) is 17.7 Å². The smallest absolute Gasteiger partial charge is 0.267 e. The van der Waals surface area contributed by atoms with Gasteiger partial charge in [-0.1, -0.05) is 29.5 Å². The fraction of sp³-hybridized carbons (Fsp3) is 0.269. The van der Waals surface area contributed by atoms with Crippen LogP contribution in [0.2, 0.25) is 0 Å². The van der Waals surface area contributed by atoms with E-state index < -0.39 is 36.4 Å². The summed E-state index contributed by atoms with van der Waals surface area (Å²) in [6.07, 6.45) is 4.78. The molecule has 0 atom stereocenters. The second kappa shape index (κ2) is 11.7. The minimum absolute atomic E-state index is 0.0784. The summed E-state index contributed by atoms with van der Waals surface area (Å²) in [6, 6.07) is 10.9. The molecule has 5 rings (SSSR count). The third-order valence-electron chi connectivity index (χ3n) is 6.21. The molecule has 10 nitrogen and oxygen atoms in total. The van der Waals surface area contributed by atoms with Gasteiger partial charge in [0.1, 0.15) is 21.5 Å². The average Bonchev–Trinajstić information content (AvgIpc) is 3.58. The zero-order valence-electron chi connectivity index (χ0n) is 21.8. The molecule has 216 valence electrons. The van der Waals surface area contributed by atoms with Gasteiger partial charge in [-0.15, -0.1) is 0 Å². The maximum atomic E-state index is 14.2. The molecular weight excluding hydrogens is 595 g/mol. The molecule has 41 heavy (non-hydrogen) atoms. The van der Waals surface area contributed by atoms with Gasteiger partial charge in [-0.3, -0.25) is 4.72 Å². The molecule has 15 heteroatoms. The quantitative estimate of drug-likeness (QED) is 0.265. The molecule has 0 spiro atoms. The van der Waals surface area contributed by atoms with E-state index in [1.54, 1.807) is 24.4 Å². The maximum absolute atomic E-state index is 14.2. The van der Waals surface area contributed by atoms with Crippen molar-refractivity contribution in [1.29, 1.82) is 0 Å². The van der Waals surface area contributed by atoms with Gasteiger partial charge in [0.15, 0.2) is 10.0 Å². The molecule has 0 saturated carbocycles. The second-order valence-electron chi connectivity index (χ2n) is 9.43. The minimum Gasteiger partial charge on any atom is -0.353 e. The molecule has 2 aromatic carbocycles. The Labute approximate surface area is 240 Å². The lowest BCUT2D eigenvalue weighted by Crippen LogP contribution is -2.17. The van der Waals surface area contributed by atoms with Crippen molar-refractivity contribution >= 4 is 48.0 Å². The highest BCUT2D eigenvalue weighted by Crippen LogP contribution is 2.41. The number of hydrogen-bond acceptors (Lipinski definition) is 10. The molecule has 0 aliphatic carbocycles. The summed E-state index contributed by atoms with van der Waals surface area (Å²) in [7, 11) is -7.73. The summed E-state index contributed by atoms with van der Waals surface area (Å²) in [5, 5.41) is 3.70. The van der Waals surface area contributed by atoms with Crippen LogP contribution in [0.1, 0.15) is 12.8 Å². The van der Waals surface area contributed by atoms with Gasteiger partial charge in [0.2, 0.25) is 5.95 Å². The Morgan fingerprint density at radius 1 is 0.976 bits per heavy atom. The predicted molar refractivity (Wildman–Crippen MR) is 155 cm³/mol. The number of sulfonamides is 1. The van der Waals surface area contributed by atoms with Crippen molar-refractivity contribution in [3.05, 3.63) is 66.4 Å². The first-order valence-electron chi connectivity index (χ1n) is 12.6. The van der Waals surface area contributed by atoms with E-state index in [4.69, 9.17) is 4.98 Å². The fourth-order valence-corrected chi connectivity index (χ4v) is 7.09. The molecule has 1 fully saturated rings. The van der Waals surface area contributed by atoms with Gasteiger partial charge in [-0.2, -0.15) is 0 Å². The lowest BCUT2D eigenvalue weighted by molar-refractivity contribution is 0.521. The zero-order valence-corrected chi connectivity index (χ0v) is 24.3. The van der Waals surface area contributed by atoms with Crippen molar-refractivity contribution in [2.24, 2.45) is 0 Å². The number of anilines is 3. The van der Waals surface area contributed by atoms with Gasteiger partial charge >= 0.3 is 0 Å². The van der Waals surface area contributed by atoms with Crippen LogP contribution in [0.5, 0.6) is 0 Å². The standard InChI is InChI=1S/C26H26F2N6O4S3/c1-40(35,36)15-12-30-25-29-11-10-21(31-25)23-22(32-26(39-23)34-13-2-3-14-34)17-6-4-7-18(16-17)33-41(37,38)24-19(27)8-5-9-20(24)28/h4-11,16,33H,2-3,12-15H2,1H3,(H,29,30,31). The van der Waals surface area contributed by atoms with Gasteiger partial charge in [0.25, 0.3) is 10.0 Å². The van der Waals surface area contributed by atoms with Crippen LogP contribution in [0.4, 0.5) is 25.5 Å². The third-order valence-corrected chi connectivity index (χ3v) is 9.73. The first kappa shape index (κ1) is 28.8. The zero-order chi connectivity index (χ0) is 29.2. The lowest BCUT2D eigenvalue weighted by atomic mass is 10.1.